The molecule has 0 amide bonds. The fraction of sp³-hybridized carbons (Fsp3) is 0.500. The molecule has 0 aliphatic heterocycles. The van der Waals surface area contributed by atoms with Crippen LogP contribution in [0, 0.1) is 6.92 Å². The zero-order chi connectivity index (χ0) is 10.6. The van der Waals surface area contributed by atoms with Crippen molar-refractivity contribution in [2.45, 2.75) is 32.4 Å². The third-order valence-corrected chi connectivity index (χ3v) is 2.77. The fourth-order valence-electron chi connectivity index (χ4n) is 1.49. The molecule has 0 aliphatic rings. The third-order valence-electron chi connectivity index (χ3n) is 2.77. The van der Waals surface area contributed by atoms with Gasteiger partial charge in [-0.1, -0.05) is 31.2 Å². The quantitative estimate of drug-likeness (QED) is 0.785. The molecule has 0 saturated heterocycles. The van der Waals surface area contributed by atoms with E-state index in [1.807, 2.05) is 38.1 Å². The number of alkyl halides is 1. The highest BCUT2D eigenvalue weighted by Gasteiger charge is 2.26. The molecule has 0 fully saturated rings. The van der Waals surface area contributed by atoms with E-state index < -0.39 is 5.67 Å². The van der Waals surface area contributed by atoms with Gasteiger partial charge in [-0.05, 0) is 24.5 Å². The minimum atomic E-state index is -1.24. The maximum Gasteiger partial charge on any atom is 0.126 e. The Morgan fingerprint density at radius 1 is 1.36 bits per heavy atom. The van der Waals surface area contributed by atoms with Gasteiger partial charge >= 0.3 is 0 Å². The summed E-state index contributed by atoms with van der Waals surface area (Å²) in [5.74, 6) is 0. The highest BCUT2D eigenvalue weighted by Crippen LogP contribution is 2.22. The Hall–Kier alpha value is -0.890. The van der Waals surface area contributed by atoms with Crippen molar-refractivity contribution in [3.05, 3.63) is 35.4 Å². The summed E-state index contributed by atoms with van der Waals surface area (Å²) >= 11 is 0. The normalized spacial score (nSPS) is 15.1. The van der Waals surface area contributed by atoms with E-state index in [4.69, 9.17) is 5.73 Å². The molecule has 14 heavy (non-hydrogen) atoms. The number of benzene rings is 1. The van der Waals surface area contributed by atoms with E-state index in [2.05, 4.69) is 0 Å². The maximum absolute atomic E-state index is 14.0. The maximum atomic E-state index is 14.0. The molecule has 1 rings (SSSR count). The van der Waals surface area contributed by atoms with Crippen LogP contribution < -0.4 is 5.73 Å². The lowest BCUT2D eigenvalue weighted by Crippen LogP contribution is -2.34. The lowest BCUT2D eigenvalue weighted by Gasteiger charge is -2.22. The second-order valence-electron chi connectivity index (χ2n) is 3.81. The summed E-state index contributed by atoms with van der Waals surface area (Å²) in [7, 11) is 0. The first kappa shape index (κ1) is 11.2. The minimum absolute atomic E-state index is 0.0951. The second-order valence-corrected chi connectivity index (χ2v) is 3.81. The van der Waals surface area contributed by atoms with Crippen LogP contribution in [0.3, 0.4) is 0 Å². The van der Waals surface area contributed by atoms with Gasteiger partial charge in [0.25, 0.3) is 0 Å². The standard InChI is InChI=1S/C12H18FN/c1-3-12(13,9-14)8-11-7-5-4-6-10(11)2/h4-7H,3,8-9,14H2,1-2H3. The predicted octanol–water partition coefficient (Wildman–Crippen LogP) is 2.61. The van der Waals surface area contributed by atoms with Crippen LogP contribution in [0.5, 0.6) is 0 Å². The molecule has 0 heterocycles. The van der Waals surface area contributed by atoms with E-state index >= 15 is 0 Å². The summed E-state index contributed by atoms with van der Waals surface area (Å²) < 4.78 is 14.0. The van der Waals surface area contributed by atoms with Gasteiger partial charge in [-0.2, -0.15) is 0 Å². The van der Waals surface area contributed by atoms with E-state index in [9.17, 15) is 4.39 Å². The first-order chi connectivity index (χ1) is 6.61. The van der Waals surface area contributed by atoms with Crippen molar-refractivity contribution >= 4 is 0 Å². The molecule has 1 aromatic carbocycles. The second kappa shape index (κ2) is 4.56. The van der Waals surface area contributed by atoms with E-state index in [1.54, 1.807) is 0 Å². The molecule has 0 aromatic heterocycles. The van der Waals surface area contributed by atoms with Gasteiger partial charge in [0, 0.05) is 13.0 Å². The molecule has 0 spiro atoms. The van der Waals surface area contributed by atoms with Gasteiger partial charge < -0.3 is 5.73 Å². The molecule has 0 saturated carbocycles. The van der Waals surface area contributed by atoms with E-state index in [-0.39, 0.29) is 6.54 Å². The van der Waals surface area contributed by atoms with Crippen LogP contribution in [0.1, 0.15) is 24.5 Å². The third kappa shape index (κ3) is 2.55. The van der Waals surface area contributed by atoms with Gasteiger partial charge in [0.2, 0.25) is 0 Å². The van der Waals surface area contributed by atoms with Crippen LogP contribution in [0.2, 0.25) is 0 Å². The molecule has 0 aliphatic carbocycles. The zero-order valence-corrected chi connectivity index (χ0v) is 8.89. The number of rotatable bonds is 4. The Balaban J connectivity index is 2.82. The molecule has 1 unspecified atom stereocenters. The number of nitrogens with two attached hydrogens (primary N) is 1. The van der Waals surface area contributed by atoms with Gasteiger partial charge in [0.05, 0.1) is 0 Å². The minimum Gasteiger partial charge on any atom is -0.328 e. The summed E-state index contributed by atoms with van der Waals surface area (Å²) in [6, 6.07) is 7.87. The average molecular weight is 195 g/mol. The van der Waals surface area contributed by atoms with Gasteiger partial charge in [-0.3, -0.25) is 0 Å². The predicted molar refractivity (Wildman–Crippen MR) is 58.1 cm³/mol. The highest BCUT2D eigenvalue weighted by atomic mass is 19.1. The largest absolute Gasteiger partial charge is 0.328 e. The van der Waals surface area contributed by atoms with Crippen LogP contribution in [-0.4, -0.2) is 12.2 Å². The molecule has 0 radical (unpaired) electrons. The molecular formula is C12H18FN. The van der Waals surface area contributed by atoms with Crippen molar-refractivity contribution in [3.8, 4) is 0 Å². The van der Waals surface area contributed by atoms with Gasteiger partial charge in [-0.25, -0.2) is 4.39 Å². The molecule has 1 aromatic rings. The molecule has 78 valence electrons. The van der Waals surface area contributed by atoms with Crippen LogP contribution in [0.4, 0.5) is 4.39 Å². The number of hydrogen-bond acceptors (Lipinski definition) is 1. The first-order valence-electron chi connectivity index (χ1n) is 5.05. The molecule has 2 N–H and O–H groups in total. The summed E-state index contributed by atoms with van der Waals surface area (Å²) in [5.41, 5.74) is 6.39. The van der Waals surface area contributed by atoms with Crippen LogP contribution in [-0.2, 0) is 6.42 Å². The molecule has 2 heteroatoms. The van der Waals surface area contributed by atoms with Crippen LogP contribution >= 0.6 is 0 Å². The number of hydrogen-bond donors (Lipinski definition) is 1. The zero-order valence-electron chi connectivity index (χ0n) is 8.89. The van der Waals surface area contributed by atoms with Crippen molar-refractivity contribution in [2.75, 3.05) is 6.54 Å². The summed E-state index contributed by atoms with van der Waals surface area (Å²) in [5, 5.41) is 0. The lowest BCUT2D eigenvalue weighted by atomic mass is 9.92. The van der Waals surface area contributed by atoms with E-state index in [0.717, 1.165) is 11.1 Å². The summed E-state index contributed by atoms with van der Waals surface area (Å²) in [6.07, 6.45) is 0.893. The summed E-state index contributed by atoms with van der Waals surface area (Å²) in [6.45, 7) is 3.94. The Morgan fingerprint density at radius 2 is 2.00 bits per heavy atom. The molecule has 1 nitrogen and oxygen atoms in total. The van der Waals surface area contributed by atoms with E-state index in [1.165, 1.54) is 0 Å². The Kier molecular flexibility index (Phi) is 3.64. The highest BCUT2D eigenvalue weighted by molar-refractivity contribution is 5.27. The topological polar surface area (TPSA) is 26.0 Å². The SMILES string of the molecule is CCC(F)(CN)Cc1ccccc1C. The van der Waals surface area contributed by atoms with Gasteiger partial charge in [0.1, 0.15) is 5.67 Å². The van der Waals surface area contributed by atoms with E-state index in [0.29, 0.717) is 12.8 Å². The molecule has 1 atom stereocenters. The van der Waals surface area contributed by atoms with Gasteiger partial charge in [0.15, 0.2) is 0 Å². The Morgan fingerprint density at radius 3 is 2.50 bits per heavy atom. The number of aryl methyl sites for hydroxylation is 1. The van der Waals surface area contributed by atoms with Crippen molar-refractivity contribution < 1.29 is 4.39 Å². The van der Waals surface area contributed by atoms with Crippen LogP contribution in [0.25, 0.3) is 0 Å². The van der Waals surface area contributed by atoms with Crippen molar-refractivity contribution in [1.82, 2.24) is 0 Å². The smallest absolute Gasteiger partial charge is 0.126 e. The van der Waals surface area contributed by atoms with Crippen molar-refractivity contribution in [2.24, 2.45) is 5.73 Å². The van der Waals surface area contributed by atoms with Crippen LogP contribution in [0.15, 0.2) is 24.3 Å². The number of halogens is 1. The van der Waals surface area contributed by atoms with Crippen molar-refractivity contribution in [1.29, 1.82) is 0 Å². The lowest BCUT2D eigenvalue weighted by molar-refractivity contribution is 0.167. The average Bonchev–Trinajstić information content (AvgIpc) is 2.21. The monoisotopic (exact) mass is 195 g/mol. The first-order valence-corrected chi connectivity index (χ1v) is 5.05. The Labute approximate surface area is 85.1 Å². The van der Waals surface area contributed by atoms with Crippen molar-refractivity contribution in [3.63, 3.8) is 0 Å². The fourth-order valence-corrected chi connectivity index (χ4v) is 1.49. The summed E-state index contributed by atoms with van der Waals surface area (Å²) in [4.78, 5) is 0. The van der Waals surface area contributed by atoms with Gasteiger partial charge in [-0.15, -0.1) is 0 Å². The molecule has 0 bridgehead atoms. The Bertz CT molecular complexity index is 292. The molecular weight excluding hydrogens is 177 g/mol.